The van der Waals surface area contributed by atoms with Gasteiger partial charge in [0, 0.05) is 54.8 Å². The van der Waals surface area contributed by atoms with Crippen molar-refractivity contribution in [2.75, 3.05) is 25.0 Å². The molecule has 6 rings (SSSR count). The lowest BCUT2D eigenvalue weighted by Gasteiger charge is -2.17. The second-order valence-corrected chi connectivity index (χ2v) is 9.74. The average Bonchev–Trinajstić information content (AvgIpc) is 3.55. The first-order valence-electron chi connectivity index (χ1n) is 12.0. The second kappa shape index (κ2) is 8.44. The van der Waals surface area contributed by atoms with E-state index < -0.39 is 0 Å². The molecule has 1 N–H and O–H groups in total. The maximum Gasteiger partial charge on any atom is 0.254 e. The summed E-state index contributed by atoms with van der Waals surface area (Å²) in [5.74, 6) is 2.44. The van der Waals surface area contributed by atoms with E-state index in [1.54, 1.807) is 13.1 Å². The van der Waals surface area contributed by atoms with Crippen molar-refractivity contribution in [2.45, 2.75) is 32.9 Å². The van der Waals surface area contributed by atoms with Gasteiger partial charge in [-0.15, -0.1) is 0 Å². The fourth-order valence-electron chi connectivity index (χ4n) is 4.59. The minimum atomic E-state index is -0.309. The van der Waals surface area contributed by atoms with Crippen molar-refractivity contribution in [2.24, 2.45) is 4.99 Å². The number of aromatic nitrogens is 3. The first-order valence-corrected chi connectivity index (χ1v) is 12.0. The third-order valence-corrected chi connectivity index (χ3v) is 6.44. The molecule has 0 radical (unpaired) electrons. The molecular weight excluding hydrogens is 456 g/mol. The van der Waals surface area contributed by atoms with Crippen LogP contribution in [0.1, 0.15) is 41.2 Å². The van der Waals surface area contributed by atoms with E-state index in [4.69, 9.17) is 9.26 Å². The van der Waals surface area contributed by atoms with Gasteiger partial charge >= 0.3 is 0 Å². The molecule has 2 aromatic heterocycles. The molecule has 9 heteroatoms. The lowest BCUT2D eigenvalue weighted by molar-refractivity contribution is 0.0784. The molecule has 9 nitrogen and oxygen atoms in total. The number of amides is 1. The van der Waals surface area contributed by atoms with Crippen LogP contribution in [0.2, 0.25) is 0 Å². The van der Waals surface area contributed by atoms with Crippen molar-refractivity contribution >= 4 is 28.4 Å². The number of pyridine rings is 1. The average molecular weight is 483 g/mol. The van der Waals surface area contributed by atoms with Crippen LogP contribution >= 0.6 is 0 Å². The van der Waals surface area contributed by atoms with Gasteiger partial charge in [-0.3, -0.25) is 4.79 Å². The normalized spacial score (nSPS) is 16.2. The zero-order chi connectivity index (χ0) is 24.9. The number of hydrogen-bond acceptors (Lipinski definition) is 8. The molecule has 2 aliphatic rings. The fraction of sp³-hybridized carbons (Fsp3) is 0.296. The van der Waals surface area contributed by atoms with E-state index in [-0.39, 0.29) is 11.5 Å². The number of fused-ring (bicyclic) bond motifs is 2. The molecule has 36 heavy (non-hydrogen) atoms. The van der Waals surface area contributed by atoms with E-state index in [1.807, 2.05) is 61.2 Å². The van der Waals surface area contributed by atoms with Gasteiger partial charge in [-0.25, -0.2) is 9.98 Å². The van der Waals surface area contributed by atoms with Crippen LogP contribution in [-0.2, 0) is 11.3 Å². The molecule has 4 heterocycles. The molecule has 0 aliphatic carbocycles. The van der Waals surface area contributed by atoms with Crippen LogP contribution in [0.4, 0.5) is 5.82 Å². The number of carbonyl (C=O) groups excluding carboxylic acids is 1. The van der Waals surface area contributed by atoms with E-state index in [9.17, 15) is 4.79 Å². The fourth-order valence-corrected chi connectivity index (χ4v) is 4.59. The van der Waals surface area contributed by atoms with Gasteiger partial charge in [0.15, 0.2) is 0 Å². The van der Waals surface area contributed by atoms with Gasteiger partial charge in [-0.1, -0.05) is 23.4 Å². The Morgan fingerprint density at radius 3 is 2.75 bits per heavy atom. The minimum Gasteiger partial charge on any atom is -0.469 e. The summed E-state index contributed by atoms with van der Waals surface area (Å²) in [5.41, 5.74) is 3.13. The van der Waals surface area contributed by atoms with Gasteiger partial charge in [-0.05, 0) is 49.1 Å². The van der Waals surface area contributed by atoms with Crippen LogP contribution in [0.15, 0.2) is 58.2 Å². The van der Waals surface area contributed by atoms with Crippen LogP contribution in [0.5, 0.6) is 0 Å². The standard InChI is InChI=1S/C27H26N6O3/c1-16-31-23(32-36-16)18-5-4-17-8-9-28-24(21(17)12-18)29-10-11-33-14-20-7-6-19(13-22(20)26(33)34)25-30-15-27(2,3)35-25/h4-9,12-13H,10-11,14-15H2,1-3H3,(H,28,29). The van der Waals surface area contributed by atoms with Crippen molar-refractivity contribution in [1.82, 2.24) is 20.0 Å². The molecule has 182 valence electrons. The van der Waals surface area contributed by atoms with Crippen LogP contribution in [-0.4, -0.2) is 57.1 Å². The number of aliphatic imine (C=N–C) groups is 1. The summed E-state index contributed by atoms with van der Waals surface area (Å²) in [5, 5.41) is 9.43. The lowest BCUT2D eigenvalue weighted by atomic mass is 10.1. The van der Waals surface area contributed by atoms with Crippen molar-refractivity contribution in [3.05, 3.63) is 71.2 Å². The third-order valence-electron chi connectivity index (χ3n) is 6.44. The molecule has 1 amide bonds. The molecule has 0 atom stereocenters. The van der Waals surface area contributed by atoms with Crippen molar-refractivity contribution in [3.63, 3.8) is 0 Å². The Balaban J connectivity index is 1.15. The van der Waals surface area contributed by atoms with Crippen LogP contribution in [0.25, 0.3) is 22.2 Å². The Labute approximate surface area is 208 Å². The predicted molar refractivity (Wildman–Crippen MR) is 136 cm³/mol. The topological polar surface area (TPSA) is 106 Å². The van der Waals surface area contributed by atoms with Crippen molar-refractivity contribution < 1.29 is 14.1 Å². The SMILES string of the molecule is Cc1nc(-c2ccc3ccnc(NCCN4Cc5ccc(C6=NCC(C)(C)O6)cc5C4=O)c3c2)no1. The molecule has 0 saturated heterocycles. The molecule has 0 saturated carbocycles. The number of rotatable bonds is 6. The van der Waals surface area contributed by atoms with Gasteiger partial charge in [0.25, 0.3) is 5.91 Å². The highest BCUT2D eigenvalue weighted by molar-refractivity contribution is 6.02. The first kappa shape index (κ1) is 22.2. The number of hydrogen-bond donors (Lipinski definition) is 1. The summed E-state index contributed by atoms with van der Waals surface area (Å²) in [6, 6.07) is 13.8. The van der Waals surface area contributed by atoms with E-state index in [2.05, 4.69) is 25.4 Å². The maximum atomic E-state index is 13.1. The second-order valence-electron chi connectivity index (χ2n) is 9.74. The summed E-state index contributed by atoms with van der Waals surface area (Å²) < 4.78 is 11.1. The Kier molecular flexibility index (Phi) is 5.21. The molecule has 2 aromatic carbocycles. The predicted octanol–water partition coefficient (Wildman–Crippen LogP) is 4.22. The number of aryl methyl sites for hydroxylation is 1. The largest absolute Gasteiger partial charge is 0.469 e. The summed E-state index contributed by atoms with van der Waals surface area (Å²) in [6.07, 6.45) is 1.77. The van der Waals surface area contributed by atoms with Gasteiger partial charge in [0.2, 0.25) is 17.6 Å². The van der Waals surface area contributed by atoms with Crippen LogP contribution < -0.4 is 5.32 Å². The van der Waals surface area contributed by atoms with Gasteiger partial charge < -0.3 is 19.5 Å². The monoisotopic (exact) mass is 482 g/mol. The van der Waals surface area contributed by atoms with E-state index in [0.29, 0.717) is 49.4 Å². The molecule has 0 spiro atoms. The van der Waals surface area contributed by atoms with Crippen LogP contribution in [0.3, 0.4) is 0 Å². The summed E-state index contributed by atoms with van der Waals surface area (Å²) in [7, 11) is 0. The number of nitrogens with one attached hydrogen (secondary N) is 1. The smallest absolute Gasteiger partial charge is 0.254 e. The minimum absolute atomic E-state index is 0.0205. The van der Waals surface area contributed by atoms with Gasteiger partial charge in [-0.2, -0.15) is 4.98 Å². The van der Waals surface area contributed by atoms with Gasteiger partial charge in [0.1, 0.15) is 11.4 Å². The van der Waals surface area contributed by atoms with Crippen molar-refractivity contribution in [1.29, 1.82) is 0 Å². The molecule has 0 fully saturated rings. The first-order chi connectivity index (χ1) is 17.4. The van der Waals surface area contributed by atoms with Crippen LogP contribution in [0, 0.1) is 6.92 Å². The lowest BCUT2D eigenvalue weighted by Crippen LogP contribution is -2.29. The molecule has 2 aliphatic heterocycles. The number of anilines is 1. The number of ether oxygens (including phenoxy) is 1. The number of benzene rings is 2. The highest BCUT2D eigenvalue weighted by Gasteiger charge is 2.31. The summed E-state index contributed by atoms with van der Waals surface area (Å²) >= 11 is 0. The zero-order valence-corrected chi connectivity index (χ0v) is 20.4. The van der Waals surface area contributed by atoms with E-state index >= 15 is 0 Å². The zero-order valence-electron chi connectivity index (χ0n) is 20.4. The summed E-state index contributed by atoms with van der Waals surface area (Å²) in [4.78, 5) is 28.3. The Morgan fingerprint density at radius 1 is 1.11 bits per heavy atom. The van der Waals surface area contributed by atoms with Crippen molar-refractivity contribution in [3.8, 4) is 11.4 Å². The molecule has 4 aromatic rings. The Morgan fingerprint density at radius 2 is 1.97 bits per heavy atom. The quantitative estimate of drug-likeness (QED) is 0.439. The number of nitrogens with zero attached hydrogens (tertiary/aromatic N) is 5. The van der Waals surface area contributed by atoms with Gasteiger partial charge in [0.05, 0.1) is 6.54 Å². The molecular formula is C27H26N6O3. The third kappa shape index (κ3) is 4.06. The van der Waals surface area contributed by atoms with E-state index in [0.717, 1.165) is 33.3 Å². The molecule has 0 unspecified atom stereocenters. The molecule has 0 bridgehead atoms. The Bertz CT molecular complexity index is 1520. The highest BCUT2D eigenvalue weighted by Crippen LogP contribution is 2.28. The van der Waals surface area contributed by atoms with E-state index in [1.165, 1.54) is 0 Å². The maximum absolute atomic E-state index is 13.1. The highest BCUT2D eigenvalue weighted by atomic mass is 16.5. The number of carbonyl (C=O) groups is 1. The summed E-state index contributed by atoms with van der Waals surface area (Å²) in [6.45, 7) is 8.09. The Hall–Kier alpha value is -4.27.